The third kappa shape index (κ3) is 4.17. The summed E-state index contributed by atoms with van der Waals surface area (Å²) in [7, 11) is -4.24. The molecule has 4 aromatic rings. The van der Waals surface area contributed by atoms with Crippen LogP contribution in [0.3, 0.4) is 0 Å². The molecule has 0 atom stereocenters. The number of carbonyl (C=O) groups is 1. The number of fused-ring (bicyclic) bond motifs is 1. The van der Waals surface area contributed by atoms with E-state index in [2.05, 4.69) is 5.32 Å². The Kier molecular flexibility index (Phi) is 5.40. The highest BCUT2D eigenvalue weighted by atomic mass is 32.2. The third-order valence-corrected chi connectivity index (χ3v) is 6.61. The molecule has 1 aromatic heterocycles. The second-order valence-corrected chi connectivity index (χ2v) is 9.36. The fourth-order valence-electron chi connectivity index (χ4n) is 3.42. The number of sulfone groups is 1. The van der Waals surface area contributed by atoms with Gasteiger partial charge in [0.25, 0.3) is 5.91 Å². The van der Waals surface area contributed by atoms with E-state index in [0.29, 0.717) is 5.69 Å². The average Bonchev–Trinajstić information content (AvgIpc) is 2.72. The van der Waals surface area contributed by atoms with Gasteiger partial charge in [0.1, 0.15) is 11.4 Å². The summed E-state index contributed by atoms with van der Waals surface area (Å²) < 4.78 is 44.1. The van der Waals surface area contributed by atoms with Gasteiger partial charge >= 0.3 is 5.63 Å². The quantitative estimate of drug-likeness (QED) is 0.361. The molecular weight excluding hydrogens is 433 g/mol. The molecule has 0 unspecified atom stereocenters. The molecule has 4 rings (SSSR count). The van der Waals surface area contributed by atoms with E-state index >= 15 is 0 Å². The van der Waals surface area contributed by atoms with Crippen molar-refractivity contribution in [3.63, 3.8) is 0 Å². The first kappa shape index (κ1) is 21.5. The number of aryl methyl sites for hydroxylation is 2. The Hall–Kier alpha value is -3.78. The maximum absolute atomic E-state index is 13.2. The number of anilines is 1. The Morgan fingerprint density at radius 2 is 1.56 bits per heavy atom. The SMILES string of the molecule is Cc1cc(C)cc(NC(=O)c2ccc3oc(=O)c(S(=O)(=O)c4ccc(F)cc4)cc3c2)c1. The number of hydrogen-bond acceptors (Lipinski definition) is 5. The molecule has 0 aliphatic rings. The van der Waals surface area contributed by atoms with Crippen molar-refractivity contribution in [3.05, 3.63) is 99.7 Å². The molecule has 0 saturated carbocycles. The van der Waals surface area contributed by atoms with Crippen molar-refractivity contribution in [2.24, 2.45) is 0 Å². The summed E-state index contributed by atoms with van der Waals surface area (Å²) in [5.41, 5.74) is 1.97. The highest BCUT2D eigenvalue weighted by molar-refractivity contribution is 7.91. The largest absolute Gasteiger partial charge is 0.422 e. The second-order valence-electron chi connectivity index (χ2n) is 7.44. The number of carbonyl (C=O) groups excluding carboxylic acids is 1. The lowest BCUT2D eigenvalue weighted by molar-refractivity contribution is 0.102. The molecule has 162 valence electrons. The first-order valence-corrected chi connectivity index (χ1v) is 11.1. The van der Waals surface area contributed by atoms with Crippen molar-refractivity contribution in [1.82, 2.24) is 0 Å². The maximum atomic E-state index is 13.2. The Bertz CT molecular complexity index is 1500. The van der Waals surface area contributed by atoms with Crippen molar-refractivity contribution in [2.75, 3.05) is 5.32 Å². The topological polar surface area (TPSA) is 93.4 Å². The van der Waals surface area contributed by atoms with Gasteiger partial charge in [-0.15, -0.1) is 0 Å². The molecule has 0 saturated heterocycles. The van der Waals surface area contributed by atoms with Gasteiger partial charge in [-0.3, -0.25) is 4.79 Å². The van der Waals surface area contributed by atoms with Gasteiger partial charge in [0, 0.05) is 16.6 Å². The third-order valence-electron chi connectivity index (χ3n) is 4.86. The zero-order chi connectivity index (χ0) is 23.0. The Morgan fingerprint density at radius 1 is 0.906 bits per heavy atom. The van der Waals surface area contributed by atoms with E-state index in [1.54, 1.807) is 0 Å². The van der Waals surface area contributed by atoms with Gasteiger partial charge < -0.3 is 9.73 Å². The van der Waals surface area contributed by atoms with Crippen LogP contribution in [0.25, 0.3) is 11.0 Å². The first-order chi connectivity index (χ1) is 15.1. The monoisotopic (exact) mass is 451 g/mol. The fraction of sp³-hybridized carbons (Fsp3) is 0.0833. The van der Waals surface area contributed by atoms with Gasteiger partial charge in [-0.2, -0.15) is 0 Å². The lowest BCUT2D eigenvalue weighted by Gasteiger charge is -2.09. The smallest absolute Gasteiger partial charge is 0.355 e. The minimum absolute atomic E-state index is 0.135. The molecule has 32 heavy (non-hydrogen) atoms. The summed E-state index contributed by atoms with van der Waals surface area (Å²) >= 11 is 0. The number of hydrogen-bond donors (Lipinski definition) is 1. The van der Waals surface area contributed by atoms with E-state index in [1.807, 2.05) is 32.0 Å². The van der Waals surface area contributed by atoms with Crippen LogP contribution in [0.1, 0.15) is 21.5 Å². The molecule has 8 heteroatoms. The van der Waals surface area contributed by atoms with Gasteiger partial charge in [-0.25, -0.2) is 17.6 Å². The number of rotatable bonds is 4. The summed E-state index contributed by atoms with van der Waals surface area (Å²) in [5, 5.41) is 3.07. The van der Waals surface area contributed by atoms with Crippen LogP contribution in [0.2, 0.25) is 0 Å². The zero-order valence-corrected chi connectivity index (χ0v) is 18.0. The van der Waals surface area contributed by atoms with E-state index in [0.717, 1.165) is 41.5 Å². The molecule has 0 spiro atoms. The molecule has 0 bridgehead atoms. The van der Waals surface area contributed by atoms with Crippen molar-refractivity contribution >= 4 is 32.4 Å². The summed E-state index contributed by atoms with van der Waals surface area (Å²) in [5.74, 6) is -1.00. The van der Waals surface area contributed by atoms with E-state index in [-0.39, 0.29) is 21.4 Å². The van der Waals surface area contributed by atoms with Crippen LogP contribution in [0.15, 0.2) is 85.7 Å². The minimum Gasteiger partial charge on any atom is -0.422 e. The van der Waals surface area contributed by atoms with Crippen molar-refractivity contribution in [3.8, 4) is 0 Å². The molecule has 0 radical (unpaired) electrons. The molecular formula is C24H18FNO5S. The lowest BCUT2D eigenvalue weighted by atomic mass is 10.1. The maximum Gasteiger partial charge on any atom is 0.355 e. The Morgan fingerprint density at radius 3 is 2.22 bits per heavy atom. The number of halogens is 1. The summed E-state index contributed by atoms with van der Waals surface area (Å²) in [6.45, 7) is 3.84. The van der Waals surface area contributed by atoms with Gasteiger partial charge in [0.2, 0.25) is 9.84 Å². The molecule has 0 fully saturated rings. The zero-order valence-electron chi connectivity index (χ0n) is 17.2. The molecule has 0 aliphatic carbocycles. The number of amides is 1. The van der Waals surface area contributed by atoms with Crippen LogP contribution in [0.5, 0.6) is 0 Å². The molecule has 3 aromatic carbocycles. The fourth-order valence-corrected chi connectivity index (χ4v) is 4.72. The molecule has 1 amide bonds. The summed E-state index contributed by atoms with van der Waals surface area (Å²) in [6.07, 6.45) is 0. The van der Waals surface area contributed by atoms with Gasteiger partial charge in [0.15, 0.2) is 4.90 Å². The summed E-state index contributed by atoms with van der Waals surface area (Å²) in [6, 6.07) is 15.3. The average molecular weight is 451 g/mol. The first-order valence-electron chi connectivity index (χ1n) is 9.62. The van der Waals surface area contributed by atoms with E-state index in [1.165, 1.54) is 18.2 Å². The number of benzene rings is 3. The minimum atomic E-state index is -4.24. The predicted octanol–water partition coefficient (Wildman–Crippen LogP) is 4.63. The van der Waals surface area contributed by atoms with Crippen molar-refractivity contribution < 1.29 is 22.0 Å². The van der Waals surface area contributed by atoms with Crippen molar-refractivity contribution in [1.29, 1.82) is 0 Å². The van der Waals surface area contributed by atoms with Gasteiger partial charge in [-0.05, 0) is 85.6 Å². The van der Waals surface area contributed by atoms with Crippen LogP contribution in [-0.4, -0.2) is 14.3 Å². The van der Waals surface area contributed by atoms with Gasteiger partial charge in [-0.1, -0.05) is 6.07 Å². The molecule has 1 heterocycles. The highest BCUT2D eigenvalue weighted by Gasteiger charge is 2.23. The Balaban J connectivity index is 1.74. The van der Waals surface area contributed by atoms with E-state index < -0.39 is 32.1 Å². The predicted molar refractivity (Wildman–Crippen MR) is 118 cm³/mol. The van der Waals surface area contributed by atoms with E-state index in [9.17, 15) is 22.4 Å². The molecule has 6 nitrogen and oxygen atoms in total. The molecule has 1 N–H and O–H groups in total. The van der Waals surface area contributed by atoms with Gasteiger partial charge in [0.05, 0.1) is 4.90 Å². The highest BCUT2D eigenvalue weighted by Crippen LogP contribution is 2.24. The second kappa shape index (κ2) is 8.05. The normalized spacial score (nSPS) is 11.5. The number of nitrogens with one attached hydrogen (secondary N) is 1. The van der Waals surface area contributed by atoms with Crippen LogP contribution in [-0.2, 0) is 9.84 Å². The lowest BCUT2D eigenvalue weighted by Crippen LogP contribution is -2.15. The van der Waals surface area contributed by atoms with Crippen LogP contribution in [0.4, 0.5) is 10.1 Å². The van der Waals surface area contributed by atoms with Crippen LogP contribution < -0.4 is 10.9 Å². The van der Waals surface area contributed by atoms with Crippen molar-refractivity contribution in [2.45, 2.75) is 23.6 Å². The molecule has 0 aliphatic heterocycles. The summed E-state index contributed by atoms with van der Waals surface area (Å²) in [4.78, 5) is 24.2. The Labute approximate surface area is 183 Å². The standard InChI is InChI=1S/C24H18FNO5S/c1-14-9-15(2)11-19(10-14)26-23(27)16-3-8-21-17(12-16)13-22(24(28)31-21)32(29,30)20-6-4-18(25)5-7-20/h3-13H,1-2H3,(H,26,27). The van der Waals surface area contributed by atoms with E-state index in [4.69, 9.17) is 4.42 Å². The van der Waals surface area contributed by atoms with Crippen LogP contribution in [0, 0.1) is 19.7 Å². The van der Waals surface area contributed by atoms with Crippen LogP contribution >= 0.6 is 0 Å².